The monoisotopic (exact) mass is 279 g/mol. The fourth-order valence-corrected chi connectivity index (χ4v) is 2.50. The van der Waals surface area contributed by atoms with E-state index in [4.69, 9.17) is 4.42 Å². The molecule has 1 aliphatic heterocycles. The lowest BCUT2D eigenvalue weighted by Crippen LogP contribution is -2.32. The Hall–Kier alpha value is -2.76. The van der Waals surface area contributed by atoms with E-state index in [1.807, 2.05) is 24.4 Å². The first kappa shape index (κ1) is 12.0. The Morgan fingerprint density at radius 2 is 2.19 bits per heavy atom. The van der Waals surface area contributed by atoms with Gasteiger partial charge in [-0.3, -0.25) is 0 Å². The van der Waals surface area contributed by atoms with Crippen molar-refractivity contribution in [3.8, 4) is 11.5 Å². The molecule has 104 valence electrons. The predicted octanol–water partition coefficient (Wildman–Crippen LogP) is 2.09. The lowest BCUT2D eigenvalue weighted by Gasteiger charge is -2.27. The van der Waals surface area contributed by atoms with Gasteiger partial charge in [-0.2, -0.15) is 0 Å². The van der Waals surface area contributed by atoms with Gasteiger partial charge in [0.2, 0.25) is 5.95 Å². The third kappa shape index (κ3) is 2.24. The third-order valence-electron chi connectivity index (χ3n) is 3.56. The summed E-state index contributed by atoms with van der Waals surface area (Å²) >= 11 is 0. The minimum atomic E-state index is 0.707. The number of anilines is 1. The summed E-state index contributed by atoms with van der Waals surface area (Å²) in [6.45, 7) is 1.59. The number of hydrogen-bond donors (Lipinski definition) is 0. The van der Waals surface area contributed by atoms with Crippen LogP contribution in [-0.4, -0.2) is 26.5 Å². The van der Waals surface area contributed by atoms with E-state index in [1.165, 1.54) is 0 Å². The zero-order valence-electron chi connectivity index (χ0n) is 11.3. The second-order valence-corrected chi connectivity index (χ2v) is 4.89. The SMILES string of the molecule is c1coc(-c2ccnc(N3CCc4ncncc4C3)n2)c1. The molecular formula is C15H13N5O. The van der Waals surface area contributed by atoms with E-state index >= 15 is 0 Å². The van der Waals surface area contributed by atoms with Crippen LogP contribution < -0.4 is 4.90 Å². The average Bonchev–Trinajstić information content (AvgIpc) is 3.09. The molecule has 0 spiro atoms. The van der Waals surface area contributed by atoms with Gasteiger partial charge in [-0.05, 0) is 18.2 Å². The predicted molar refractivity (Wildman–Crippen MR) is 76.5 cm³/mol. The van der Waals surface area contributed by atoms with Crippen LogP contribution in [0.2, 0.25) is 0 Å². The summed E-state index contributed by atoms with van der Waals surface area (Å²) in [5.41, 5.74) is 3.04. The minimum absolute atomic E-state index is 0.707. The van der Waals surface area contributed by atoms with Crippen LogP contribution >= 0.6 is 0 Å². The number of aromatic nitrogens is 4. The smallest absolute Gasteiger partial charge is 0.226 e. The van der Waals surface area contributed by atoms with Gasteiger partial charge >= 0.3 is 0 Å². The summed E-state index contributed by atoms with van der Waals surface area (Å²) in [6, 6.07) is 5.60. The van der Waals surface area contributed by atoms with Crippen LogP contribution in [0.4, 0.5) is 5.95 Å². The molecule has 21 heavy (non-hydrogen) atoms. The number of furan rings is 1. The largest absolute Gasteiger partial charge is 0.463 e. The Morgan fingerprint density at radius 3 is 3.10 bits per heavy atom. The van der Waals surface area contributed by atoms with E-state index in [0.717, 1.165) is 42.2 Å². The molecule has 0 unspecified atom stereocenters. The van der Waals surface area contributed by atoms with Crippen molar-refractivity contribution in [3.05, 3.63) is 54.4 Å². The standard InChI is InChI=1S/C15H13N5O/c1-2-14(21-7-1)13-3-5-17-15(19-13)20-6-4-12-11(9-20)8-16-10-18-12/h1-3,5,7-8,10H,4,6,9H2. The van der Waals surface area contributed by atoms with E-state index in [2.05, 4.69) is 24.8 Å². The minimum Gasteiger partial charge on any atom is -0.463 e. The Kier molecular flexibility index (Phi) is 2.85. The van der Waals surface area contributed by atoms with Gasteiger partial charge in [-0.25, -0.2) is 19.9 Å². The molecule has 6 nitrogen and oxygen atoms in total. The molecule has 0 fully saturated rings. The molecule has 0 saturated carbocycles. The number of fused-ring (bicyclic) bond motifs is 1. The van der Waals surface area contributed by atoms with E-state index < -0.39 is 0 Å². The first-order chi connectivity index (χ1) is 10.4. The Balaban J connectivity index is 1.65. The summed E-state index contributed by atoms with van der Waals surface area (Å²) in [6.07, 6.45) is 7.75. The van der Waals surface area contributed by atoms with E-state index in [1.54, 1.807) is 18.8 Å². The second kappa shape index (κ2) is 4.97. The maximum Gasteiger partial charge on any atom is 0.226 e. The Labute approximate surface area is 121 Å². The van der Waals surface area contributed by atoms with Crippen molar-refractivity contribution in [2.24, 2.45) is 0 Å². The summed E-state index contributed by atoms with van der Waals surface area (Å²) < 4.78 is 5.39. The van der Waals surface area contributed by atoms with E-state index in [-0.39, 0.29) is 0 Å². The summed E-state index contributed by atoms with van der Waals surface area (Å²) in [4.78, 5) is 19.5. The molecule has 0 radical (unpaired) electrons. The van der Waals surface area contributed by atoms with E-state index in [0.29, 0.717) is 5.95 Å². The molecule has 4 rings (SSSR count). The lowest BCUT2D eigenvalue weighted by atomic mass is 10.1. The molecule has 0 amide bonds. The van der Waals surface area contributed by atoms with Gasteiger partial charge in [0.15, 0.2) is 5.76 Å². The summed E-state index contributed by atoms with van der Waals surface area (Å²) in [7, 11) is 0. The molecule has 0 aromatic carbocycles. The Morgan fingerprint density at radius 1 is 1.19 bits per heavy atom. The molecule has 3 aromatic rings. The van der Waals surface area contributed by atoms with Crippen molar-refractivity contribution in [2.75, 3.05) is 11.4 Å². The van der Waals surface area contributed by atoms with Crippen LogP contribution in [0, 0.1) is 0 Å². The molecule has 6 heteroatoms. The van der Waals surface area contributed by atoms with Gasteiger partial charge in [-0.1, -0.05) is 0 Å². The van der Waals surface area contributed by atoms with E-state index in [9.17, 15) is 0 Å². The van der Waals surface area contributed by atoms with Crippen LogP contribution in [0.1, 0.15) is 11.3 Å². The molecule has 1 aliphatic rings. The number of rotatable bonds is 2. The first-order valence-electron chi connectivity index (χ1n) is 6.80. The molecule has 0 bridgehead atoms. The topological polar surface area (TPSA) is 67.9 Å². The van der Waals surface area contributed by atoms with Crippen molar-refractivity contribution in [3.63, 3.8) is 0 Å². The fraction of sp³-hybridized carbons (Fsp3) is 0.200. The molecular weight excluding hydrogens is 266 g/mol. The van der Waals surface area contributed by atoms with Gasteiger partial charge < -0.3 is 9.32 Å². The molecule has 3 aromatic heterocycles. The number of hydrogen-bond acceptors (Lipinski definition) is 6. The van der Waals surface area contributed by atoms with Crippen LogP contribution in [0.3, 0.4) is 0 Å². The van der Waals surface area contributed by atoms with Crippen LogP contribution in [-0.2, 0) is 13.0 Å². The Bertz CT molecular complexity index is 756. The van der Waals surface area contributed by atoms with Crippen molar-refractivity contribution in [2.45, 2.75) is 13.0 Å². The fourth-order valence-electron chi connectivity index (χ4n) is 2.50. The molecule has 0 atom stereocenters. The van der Waals surface area contributed by atoms with Gasteiger partial charge in [0.1, 0.15) is 12.0 Å². The lowest BCUT2D eigenvalue weighted by molar-refractivity contribution is 0.579. The summed E-state index contributed by atoms with van der Waals surface area (Å²) in [5, 5.41) is 0. The van der Waals surface area contributed by atoms with Crippen molar-refractivity contribution in [1.29, 1.82) is 0 Å². The zero-order chi connectivity index (χ0) is 14.1. The van der Waals surface area contributed by atoms with Gasteiger partial charge in [0, 0.05) is 37.5 Å². The quantitative estimate of drug-likeness (QED) is 0.715. The molecule has 0 aliphatic carbocycles. The number of nitrogens with zero attached hydrogens (tertiary/aromatic N) is 5. The van der Waals surface area contributed by atoms with Gasteiger partial charge in [0.25, 0.3) is 0 Å². The highest BCUT2D eigenvalue weighted by Gasteiger charge is 2.19. The van der Waals surface area contributed by atoms with Crippen LogP contribution in [0.15, 0.2) is 47.6 Å². The van der Waals surface area contributed by atoms with Crippen molar-refractivity contribution < 1.29 is 4.42 Å². The van der Waals surface area contributed by atoms with Crippen LogP contribution in [0.5, 0.6) is 0 Å². The average molecular weight is 279 g/mol. The highest BCUT2D eigenvalue weighted by Crippen LogP contribution is 2.23. The van der Waals surface area contributed by atoms with Crippen molar-refractivity contribution in [1.82, 2.24) is 19.9 Å². The molecule has 0 saturated heterocycles. The molecule has 0 N–H and O–H groups in total. The maximum atomic E-state index is 5.39. The van der Waals surface area contributed by atoms with Gasteiger partial charge in [0.05, 0.1) is 12.0 Å². The van der Waals surface area contributed by atoms with Crippen molar-refractivity contribution >= 4 is 5.95 Å². The summed E-state index contributed by atoms with van der Waals surface area (Å²) in [5.74, 6) is 1.46. The zero-order valence-corrected chi connectivity index (χ0v) is 11.3. The highest BCUT2D eigenvalue weighted by molar-refractivity contribution is 5.53. The van der Waals surface area contributed by atoms with Crippen LogP contribution in [0.25, 0.3) is 11.5 Å². The molecule has 4 heterocycles. The second-order valence-electron chi connectivity index (χ2n) is 4.89. The van der Waals surface area contributed by atoms with Gasteiger partial charge in [-0.15, -0.1) is 0 Å². The first-order valence-corrected chi connectivity index (χ1v) is 6.80. The maximum absolute atomic E-state index is 5.39. The highest BCUT2D eigenvalue weighted by atomic mass is 16.3. The third-order valence-corrected chi connectivity index (χ3v) is 3.56. The normalized spacial score (nSPS) is 14.0.